The topological polar surface area (TPSA) is 77.7 Å². The van der Waals surface area contributed by atoms with Crippen molar-refractivity contribution in [3.63, 3.8) is 0 Å². The van der Waals surface area contributed by atoms with Gasteiger partial charge in [0, 0.05) is 22.3 Å². The second-order valence-electron chi connectivity index (χ2n) is 6.74. The fourth-order valence-corrected chi connectivity index (χ4v) is 3.40. The lowest BCUT2D eigenvalue weighted by atomic mass is 10.1. The summed E-state index contributed by atoms with van der Waals surface area (Å²) >= 11 is 0. The van der Waals surface area contributed by atoms with Gasteiger partial charge in [0.15, 0.2) is 5.69 Å². The van der Waals surface area contributed by atoms with Crippen molar-refractivity contribution in [3.8, 4) is 22.8 Å². The first-order valence-electron chi connectivity index (χ1n) is 9.39. The molecule has 0 aliphatic rings. The smallest absolute Gasteiger partial charge is 0.340 e. The molecule has 4 aromatic carbocycles. The van der Waals surface area contributed by atoms with Crippen molar-refractivity contribution in [2.24, 2.45) is 0 Å². The molecule has 0 unspecified atom stereocenters. The molecule has 1 aromatic heterocycles. The molecule has 0 aliphatic heterocycles. The summed E-state index contributed by atoms with van der Waals surface area (Å²) in [6.45, 7) is 0. The summed E-state index contributed by atoms with van der Waals surface area (Å²) in [5.74, 6) is 0.557. The van der Waals surface area contributed by atoms with Crippen LogP contribution in [0.1, 0.15) is 0 Å². The average Bonchev–Trinajstić information content (AvgIpc) is 3.24. The quantitative estimate of drug-likeness (QED) is 0.245. The molecule has 0 aliphatic carbocycles. The van der Waals surface area contributed by atoms with Crippen LogP contribution in [0.4, 0.5) is 5.69 Å². The standard InChI is InChI=1S/C23H16N5O2.ClH/c29-28(30)20-15-13-19(14-16-20)26-24-23(18-8-2-1-3-9-18)25-27(26)22-12-6-10-17-7-4-5-11-21(17)22;/h1-16H;1H/q+1;/p-1. The van der Waals surface area contributed by atoms with Gasteiger partial charge < -0.3 is 12.4 Å². The normalized spacial score (nSPS) is 10.6. The van der Waals surface area contributed by atoms with E-state index >= 15 is 0 Å². The van der Waals surface area contributed by atoms with Crippen LogP contribution in [0, 0.1) is 10.1 Å². The molecule has 0 spiro atoms. The summed E-state index contributed by atoms with van der Waals surface area (Å²) in [4.78, 5) is 14.0. The van der Waals surface area contributed by atoms with E-state index < -0.39 is 4.92 Å². The first kappa shape index (κ1) is 20.2. The fraction of sp³-hybridized carbons (Fsp3) is 0. The number of halogens is 1. The van der Waals surface area contributed by atoms with Crippen LogP contribution in [0.25, 0.3) is 33.5 Å². The molecule has 0 amide bonds. The Labute approximate surface area is 183 Å². The van der Waals surface area contributed by atoms with Gasteiger partial charge in [-0.2, -0.15) is 0 Å². The van der Waals surface area contributed by atoms with Crippen LogP contribution in [-0.4, -0.2) is 19.9 Å². The number of rotatable bonds is 4. The van der Waals surface area contributed by atoms with E-state index in [-0.39, 0.29) is 18.1 Å². The third kappa shape index (κ3) is 3.74. The van der Waals surface area contributed by atoms with E-state index in [4.69, 9.17) is 10.2 Å². The van der Waals surface area contributed by atoms with Crippen LogP contribution in [0.3, 0.4) is 0 Å². The maximum Gasteiger partial charge on any atom is 0.340 e. The second-order valence-corrected chi connectivity index (χ2v) is 6.74. The van der Waals surface area contributed by atoms with Crippen molar-refractivity contribution in [1.82, 2.24) is 15.0 Å². The lowest BCUT2D eigenvalue weighted by Gasteiger charge is -2.03. The van der Waals surface area contributed by atoms with E-state index in [1.807, 2.05) is 72.8 Å². The Morgan fingerprint density at radius 1 is 0.806 bits per heavy atom. The van der Waals surface area contributed by atoms with Gasteiger partial charge in [0.25, 0.3) is 5.69 Å². The molecule has 0 fully saturated rings. The molecule has 0 saturated heterocycles. The third-order valence-electron chi connectivity index (χ3n) is 4.86. The number of nitro groups is 1. The number of benzene rings is 4. The Bertz CT molecular complexity index is 1360. The number of aromatic nitrogens is 4. The van der Waals surface area contributed by atoms with E-state index in [2.05, 4.69) is 0 Å². The van der Waals surface area contributed by atoms with Crippen LogP contribution in [-0.2, 0) is 0 Å². The van der Waals surface area contributed by atoms with E-state index in [1.165, 1.54) is 12.1 Å². The van der Waals surface area contributed by atoms with E-state index in [0.29, 0.717) is 11.5 Å². The minimum atomic E-state index is -0.417. The molecule has 7 nitrogen and oxygen atoms in total. The first-order valence-corrected chi connectivity index (χ1v) is 9.39. The predicted octanol–water partition coefficient (Wildman–Crippen LogP) is 1.28. The van der Waals surface area contributed by atoms with Crippen molar-refractivity contribution in [1.29, 1.82) is 0 Å². The highest BCUT2D eigenvalue weighted by atomic mass is 35.5. The van der Waals surface area contributed by atoms with Crippen molar-refractivity contribution < 1.29 is 22.1 Å². The first-order chi connectivity index (χ1) is 14.7. The van der Waals surface area contributed by atoms with Crippen molar-refractivity contribution in [2.45, 2.75) is 0 Å². The minimum Gasteiger partial charge on any atom is -1.00 e. The van der Waals surface area contributed by atoms with Crippen LogP contribution in [0.2, 0.25) is 0 Å². The van der Waals surface area contributed by atoms with Crippen LogP contribution >= 0.6 is 0 Å². The molecule has 0 radical (unpaired) electrons. The maximum atomic E-state index is 11.0. The number of hydrogen-bond acceptors (Lipinski definition) is 4. The number of tetrazole rings is 1. The van der Waals surface area contributed by atoms with Gasteiger partial charge in [-0.05, 0) is 51.7 Å². The Balaban J connectivity index is 0.00000231. The molecule has 0 N–H and O–H groups in total. The molecular formula is C23H16ClN5O2. The highest BCUT2D eigenvalue weighted by Crippen LogP contribution is 2.21. The molecule has 31 heavy (non-hydrogen) atoms. The molecule has 0 bridgehead atoms. The Morgan fingerprint density at radius 2 is 1.48 bits per heavy atom. The number of nitrogens with zero attached hydrogens (tertiary/aromatic N) is 5. The van der Waals surface area contributed by atoms with Crippen LogP contribution in [0.5, 0.6) is 0 Å². The Hall–Kier alpha value is -4.10. The number of hydrogen-bond donors (Lipinski definition) is 0. The van der Waals surface area contributed by atoms with Crippen molar-refractivity contribution in [2.75, 3.05) is 0 Å². The van der Waals surface area contributed by atoms with Gasteiger partial charge in [0.1, 0.15) is 5.69 Å². The predicted molar refractivity (Wildman–Crippen MR) is 112 cm³/mol. The molecule has 0 saturated carbocycles. The lowest BCUT2D eigenvalue weighted by molar-refractivity contribution is -0.733. The lowest BCUT2D eigenvalue weighted by Crippen LogP contribution is -3.00. The van der Waals surface area contributed by atoms with Crippen molar-refractivity contribution >= 4 is 16.5 Å². The number of nitro benzene ring substituents is 1. The fourth-order valence-electron chi connectivity index (χ4n) is 3.40. The molecule has 5 rings (SSSR count). The Kier molecular flexibility index (Phi) is 5.43. The largest absolute Gasteiger partial charge is 1.00 e. The molecule has 8 heteroatoms. The van der Waals surface area contributed by atoms with Gasteiger partial charge in [-0.15, -0.1) is 0 Å². The van der Waals surface area contributed by atoms with Gasteiger partial charge >= 0.3 is 5.82 Å². The summed E-state index contributed by atoms with van der Waals surface area (Å²) in [6.07, 6.45) is 0. The van der Waals surface area contributed by atoms with Gasteiger partial charge in [0.2, 0.25) is 0 Å². The van der Waals surface area contributed by atoms with E-state index in [9.17, 15) is 10.1 Å². The van der Waals surface area contributed by atoms with Crippen molar-refractivity contribution in [3.05, 3.63) is 107 Å². The van der Waals surface area contributed by atoms with Crippen LogP contribution in [0.15, 0.2) is 97.1 Å². The zero-order chi connectivity index (χ0) is 20.5. The summed E-state index contributed by atoms with van der Waals surface area (Å²) in [5.41, 5.74) is 2.44. The zero-order valence-corrected chi connectivity index (χ0v) is 16.9. The molecule has 5 aromatic rings. The minimum absolute atomic E-state index is 0. The maximum absolute atomic E-state index is 11.0. The molecule has 152 valence electrons. The second kappa shape index (κ2) is 8.33. The monoisotopic (exact) mass is 429 g/mol. The average molecular weight is 430 g/mol. The van der Waals surface area contributed by atoms with E-state index in [1.54, 1.807) is 21.7 Å². The molecular weight excluding hydrogens is 414 g/mol. The van der Waals surface area contributed by atoms with Gasteiger partial charge in [0.05, 0.1) is 15.6 Å². The highest BCUT2D eigenvalue weighted by molar-refractivity contribution is 5.88. The number of fused-ring (bicyclic) bond motifs is 1. The van der Waals surface area contributed by atoms with Gasteiger partial charge in [-0.1, -0.05) is 48.5 Å². The molecule has 0 atom stereocenters. The third-order valence-corrected chi connectivity index (χ3v) is 4.86. The summed E-state index contributed by atoms with van der Waals surface area (Å²) in [6, 6.07) is 30.0. The number of non-ortho nitro benzene ring substituents is 1. The summed E-state index contributed by atoms with van der Waals surface area (Å²) in [7, 11) is 0. The Morgan fingerprint density at radius 3 is 2.23 bits per heavy atom. The molecule has 1 heterocycles. The summed E-state index contributed by atoms with van der Waals surface area (Å²) in [5, 5.41) is 22.6. The SMILES string of the molecule is O=[N+]([O-])c1ccc(-n2nc(-c3ccccc3)n[n+]2-c2cccc3ccccc23)cc1.[Cl-]. The zero-order valence-electron chi connectivity index (χ0n) is 16.2. The van der Waals surface area contributed by atoms with Gasteiger partial charge in [-0.3, -0.25) is 10.1 Å². The highest BCUT2D eigenvalue weighted by Gasteiger charge is 2.25. The van der Waals surface area contributed by atoms with Gasteiger partial charge in [-0.25, -0.2) is 0 Å². The van der Waals surface area contributed by atoms with Crippen LogP contribution < -0.4 is 17.2 Å². The van der Waals surface area contributed by atoms with E-state index in [0.717, 1.165) is 22.0 Å². The summed E-state index contributed by atoms with van der Waals surface area (Å²) < 4.78 is 0.